The van der Waals surface area contributed by atoms with Crippen molar-refractivity contribution in [3.63, 3.8) is 0 Å². The van der Waals surface area contributed by atoms with E-state index >= 15 is 0 Å². The van der Waals surface area contributed by atoms with E-state index in [1.807, 2.05) is 6.07 Å². The van der Waals surface area contributed by atoms with Gasteiger partial charge in [-0.15, -0.1) is 9.73 Å². The highest BCUT2D eigenvalue weighted by molar-refractivity contribution is 5.35. The second kappa shape index (κ2) is 2.08. The second-order valence-corrected chi connectivity index (χ2v) is 2.81. The molecule has 0 aliphatic carbocycles. The first-order chi connectivity index (χ1) is 5.29. The van der Waals surface area contributed by atoms with Crippen molar-refractivity contribution in [2.45, 2.75) is 19.9 Å². The van der Waals surface area contributed by atoms with Gasteiger partial charge >= 0.3 is 0 Å². The molecule has 11 heavy (non-hydrogen) atoms. The van der Waals surface area contributed by atoms with Crippen molar-refractivity contribution < 1.29 is 0 Å². The highest BCUT2D eigenvalue weighted by atomic mass is 15.5. The van der Waals surface area contributed by atoms with E-state index < -0.39 is 0 Å². The fraction of sp³-hybridized carbons (Fsp3) is 0.429. The fourth-order valence-electron chi connectivity index (χ4n) is 1.13. The highest BCUT2D eigenvalue weighted by Gasteiger charge is 2.03. The Morgan fingerprint density at radius 3 is 2.91 bits per heavy atom. The molecule has 2 aromatic rings. The summed E-state index contributed by atoms with van der Waals surface area (Å²) in [6, 6.07) is 2.39. The predicted molar refractivity (Wildman–Crippen MR) is 41.4 cm³/mol. The highest BCUT2D eigenvalue weighted by Crippen LogP contribution is 2.08. The molecule has 2 aromatic heterocycles. The quantitative estimate of drug-likeness (QED) is 0.610. The van der Waals surface area contributed by atoms with Gasteiger partial charge in [-0.25, -0.2) is 0 Å². The number of fused-ring (bicyclic) bond motifs is 1. The van der Waals surface area contributed by atoms with Crippen LogP contribution in [0.1, 0.15) is 19.9 Å². The van der Waals surface area contributed by atoms with E-state index in [9.17, 15) is 0 Å². The van der Waals surface area contributed by atoms with Gasteiger partial charge in [0.2, 0.25) is 0 Å². The van der Waals surface area contributed by atoms with Crippen LogP contribution in [0.3, 0.4) is 0 Å². The predicted octanol–water partition coefficient (Wildman–Crippen LogP) is 1.11. The van der Waals surface area contributed by atoms with Gasteiger partial charge in [0.05, 0.1) is 6.20 Å². The lowest BCUT2D eigenvalue weighted by Gasteiger charge is -2.03. The molecule has 0 aliphatic rings. The van der Waals surface area contributed by atoms with E-state index in [4.69, 9.17) is 0 Å². The smallest absolute Gasteiger partial charge is 0.158 e. The second-order valence-electron chi connectivity index (χ2n) is 2.81. The fourth-order valence-corrected chi connectivity index (χ4v) is 1.13. The minimum Gasteiger partial charge on any atom is -0.312 e. The van der Waals surface area contributed by atoms with Crippen molar-refractivity contribution in [3.8, 4) is 0 Å². The summed E-state index contributed by atoms with van der Waals surface area (Å²) in [6.07, 6.45) is 3.55. The maximum atomic E-state index is 4.07. The molecule has 0 saturated heterocycles. The van der Waals surface area contributed by atoms with Gasteiger partial charge in [0.1, 0.15) is 6.33 Å². The van der Waals surface area contributed by atoms with Crippen LogP contribution in [0.5, 0.6) is 0 Å². The van der Waals surface area contributed by atoms with Crippen molar-refractivity contribution in [3.05, 3.63) is 18.6 Å². The molecule has 2 rings (SSSR count). The maximum absolute atomic E-state index is 4.07. The van der Waals surface area contributed by atoms with E-state index in [-0.39, 0.29) is 0 Å². The molecule has 2 heterocycles. The van der Waals surface area contributed by atoms with Crippen LogP contribution >= 0.6 is 0 Å². The van der Waals surface area contributed by atoms with Crippen LogP contribution in [0.15, 0.2) is 18.6 Å². The van der Waals surface area contributed by atoms with Gasteiger partial charge < -0.3 is 4.57 Å². The molecule has 0 atom stereocenters. The van der Waals surface area contributed by atoms with E-state index in [0.717, 1.165) is 5.65 Å². The van der Waals surface area contributed by atoms with Crippen LogP contribution in [-0.4, -0.2) is 19.4 Å². The first kappa shape index (κ1) is 6.39. The molecule has 0 N–H and O–H groups in total. The van der Waals surface area contributed by atoms with Crippen molar-refractivity contribution in [1.29, 1.82) is 0 Å². The third kappa shape index (κ3) is 0.824. The lowest BCUT2D eigenvalue weighted by molar-refractivity contribution is 0.617. The molecular formula is C7H10N4. The van der Waals surface area contributed by atoms with Crippen LogP contribution < -0.4 is 0 Å². The van der Waals surface area contributed by atoms with Gasteiger partial charge in [-0.2, -0.15) is 5.10 Å². The van der Waals surface area contributed by atoms with Gasteiger partial charge in [0.25, 0.3) is 0 Å². The molecule has 4 heteroatoms. The number of hydrogen-bond donors (Lipinski definition) is 0. The monoisotopic (exact) mass is 150 g/mol. The number of rotatable bonds is 1. The Morgan fingerprint density at radius 2 is 2.18 bits per heavy atom. The average Bonchev–Trinajstić information content (AvgIpc) is 2.41. The normalized spacial score (nSPS) is 11.5. The molecule has 58 valence electrons. The summed E-state index contributed by atoms with van der Waals surface area (Å²) in [6.45, 7) is 4.24. The molecule has 0 unspecified atom stereocenters. The molecule has 0 saturated carbocycles. The molecule has 0 fully saturated rings. The SMILES string of the molecule is CC(C)n1cnn2nccc12. The average molecular weight is 150 g/mol. The largest absolute Gasteiger partial charge is 0.312 e. The first-order valence-electron chi connectivity index (χ1n) is 3.66. The molecule has 0 spiro atoms. The maximum Gasteiger partial charge on any atom is 0.158 e. The van der Waals surface area contributed by atoms with Crippen molar-refractivity contribution in [2.24, 2.45) is 0 Å². The molecule has 0 bridgehead atoms. The van der Waals surface area contributed by atoms with Gasteiger partial charge in [-0.05, 0) is 13.8 Å². The number of aromatic nitrogens is 4. The molecule has 0 aliphatic heterocycles. The number of hydrogen-bond acceptors (Lipinski definition) is 2. The Labute approximate surface area is 64.4 Å². The summed E-state index contributed by atoms with van der Waals surface area (Å²) in [5, 5.41) is 8.07. The first-order valence-corrected chi connectivity index (χ1v) is 3.66. The van der Waals surface area contributed by atoms with E-state index in [1.54, 1.807) is 17.2 Å². The summed E-state index contributed by atoms with van der Waals surface area (Å²) in [5.74, 6) is 0. The Hall–Kier alpha value is -1.32. The van der Waals surface area contributed by atoms with E-state index in [1.165, 1.54) is 0 Å². The minimum atomic E-state index is 0.441. The zero-order valence-electron chi connectivity index (χ0n) is 6.60. The molecule has 0 radical (unpaired) electrons. The zero-order chi connectivity index (χ0) is 7.84. The Morgan fingerprint density at radius 1 is 1.36 bits per heavy atom. The van der Waals surface area contributed by atoms with Crippen LogP contribution in [-0.2, 0) is 0 Å². The summed E-state index contributed by atoms with van der Waals surface area (Å²) in [5.41, 5.74) is 1.04. The topological polar surface area (TPSA) is 35.1 Å². The van der Waals surface area contributed by atoms with Crippen molar-refractivity contribution >= 4 is 5.65 Å². The Kier molecular flexibility index (Phi) is 1.21. The minimum absolute atomic E-state index is 0.441. The van der Waals surface area contributed by atoms with Crippen LogP contribution in [0.2, 0.25) is 0 Å². The summed E-state index contributed by atoms with van der Waals surface area (Å²) >= 11 is 0. The van der Waals surface area contributed by atoms with E-state index in [0.29, 0.717) is 6.04 Å². The van der Waals surface area contributed by atoms with E-state index in [2.05, 4.69) is 28.6 Å². The standard InChI is InChI=1S/C7H10N4/c1-6(2)10-5-9-11-7(10)3-4-8-11/h3-6H,1-2H3. The third-order valence-corrected chi connectivity index (χ3v) is 1.71. The van der Waals surface area contributed by atoms with Crippen LogP contribution in [0.4, 0.5) is 0 Å². The summed E-state index contributed by atoms with van der Waals surface area (Å²) in [7, 11) is 0. The lowest BCUT2D eigenvalue weighted by Crippen LogP contribution is -1.97. The molecular weight excluding hydrogens is 140 g/mol. The Bertz CT molecular complexity index is 357. The third-order valence-electron chi connectivity index (χ3n) is 1.71. The summed E-state index contributed by atoms with van der Waals surface area (Å²) < 4.78 is 3.70. The lowest BCUT2D eigenvalue weighted by atomic mass is 10.4. The Balaban J connectivity index is 2.68. The van der Waals surface area contributed by atoms with Gasteiger partial charge in [-0.3, -0.25) is 0 Å². The van der Waals surface area contributed by atoms with Crippen LogP contribution in [0.25, 0.3) is 5.65 Å². The van der Waals surface area contributed by atoms with Gasteiger partial charge in [0, 0.05) is 12.1 Å². The zero-order valence-corrected chi connectivity index (χ0v) is 6.60. The van der Waals surface area contributed by atoms with Crippen LogP contribution in [0, 0.1) is 0 Å². The molecule has 0 amide bonds. The number of nitrogens with zero attached hydrogens (tertiary/aromatic N) is 4. The van der Waals surface area contributed by atoms with Gasteiger partial charge in [-0.1, -0.05) is 0 Å². The van der Waals surface area contributed by atoms with Crippen molar-refractivity contribution in [2.75, 3.05) is 0 Å². The van der Waals surface area contributed by atoms with Gasteiger partial charge in [0.15, 0.2) is 5.65 Å². The molecule has 4 nitrogen and oxygen atoms in total. The summed E-state index contributed by atoms with van der Waals surface area (Å²) in [4.78, 5) is 0. The molecule has 0 aromatic carbocycles. The van der Waals surface area contributed by atoms with Crippen molar-refractivity contribution in [1.82, 2.24) is 19.4 Å².